The summed E-state index contributed by atoms with van der Waals surface area (Å²) in [6.07, 6.45) is 0. The number of fused-ring (bicyclic) bond motifs is 1. The minimum Gasteiger partial charge on any atom is -0.465 e. The fraction of sp³-hybridized carbons (Fsp3) is 0.0588. The predicted molar refractivity (Wildman–Crippen MR) is 105 cm³/mol. The van der Waals surface area contributed by atoms with Crippen molar-refractivity contribution in [2.24, 2.45) is 0 Å². The van der Waals surface area contributed by atoms with Crippen LogP contribution < -0.4 is 9.62 Å². The van der Waals surface area contributed by atoms with Crippen LogP contribution in [0.3, 0.4) is 0 Å². The molecule has 2 aromatic rings. The number of amides is 3. The Bertz CT molecular complexity index is 1240. The second-order valence-corrected chi connectivity index (χ2v) is 9.26. The van der Waals surface area contributed by atoms with Gasteiger partial charge in [-0.2, -0.15) is 15.6 Å². The fourth-order valence-electron chi connectivity index (χ4n) is 2.97. The van der Waals surface area contributed by atoms with Crippen molar-refractivity contribution in [3.63, 3.8) is 0 Å². The highest BCUT2D eigenvalue weighted by atomic mass is 32.2. The van der Waals surface area contributed by atoms with Gasteiger partial charge in [0.25, 0.3) is 27.1 Å². The van der Waals surface area contributed by atoms with Gasteiger partial charge in [0, 0.05) is 16.3 Å². The topological polar surface area (TPSA) is 127 Å². The molecule has 4 rings (SSSR count). The van der Waals surface area contributed by atoms with Crippen molar-refractivity contribution in [2.75, 3.05) is 11.4 Å². The van der Waals surface area contributed by atoms with Crippen LogP contribution in [0.5, 0.6) is 0 Å². The molecule has 1 aromatic carbocycles. The van der Waals surface area contributed by atoms with Gasteiger partial charge in [-0.3, -0.25) is 19.7 Å². The molecule has 0 atom stereocenters. The minimum atomic E-state index is -4.50. The summed E-state index contributed by atoms with van der Waals surface area (Å²) in [5.74, 6) is -2.62. The van der Waals surface area contributed by atoms with E-state index in [0.717, 1.165) is 18.4 Å². The molecule has 1 N–H and O–H groups in total. The van der Waals surface area contributed by atoms with Crippen molar-refractivity contribution < 1.29 is 32.3 Å². The second-order valence-electron chi connectivity index (χ2n) is 5.78. The van der Waals surface area contributed by atoms with Crippen LogP contribution in [0.4, 0.5) is 10.5 Å². The molecule has 0 spiro atoms. The molecule has 0 unspecified atom stereocenters. The van der Waals surface area contributed by atoms with Gasteiger partial charge in [-0.25, -0.2) is 13.2 Å². The molecule has 0 saturated carbocycles. The summed E-state index contributed by atoms with van der Waals surface area (Å²) in [7, 11) is -3.39. The van der Waals surface area contributed by atoms with Gasteiger partial charge in [-0.05, 0) is 17.8 Å². The minimum absolute atomic E-state index is 0.0229. The largest absolute Gasteiger partial charge is 0.465 e. The van der Waals surface area contributed by atoms with Crippen molar-refractivity contribution in [1.29, 1.82) is 0 Å². The summed E-state index contributed by atoms with van der Waals surface area (Å²) in [6.45, 7) is 0. The number of benzene rings is 1. The van der Waals surface area contributed by atoms with E-state index in [-0.39, 0.29) is 32.2 Å². The molecule has 148 valence electrons. The third-order valence-electron chi connectivity index (χ3n) is 4.18. The number of anilines is 1. The molecule has 12 heteroatoms. The number of nitrogens with one attached hydrogen (secondary N) is 1. The van der Waals surface area contributed by atoms with Gasteiger partial charge >= 0.3 is 5.97 Å². The number of methoxy groups -OCH3 is 1. The highest BCUT2D eigenvalue weighted by molar-refractivity contribution is 8.18. The summed E-state index contributed by atoms with van der Waals surface area (Å²) in [6, 6.07) is 6.00. The Balaban J connectivity index is 1.93. The first kappa shape index (κ1) is 19.4. The lowest BCUT2D eigenvalue weighted by Gasteiger charge is -2.17. The van der Waals surface area contributed by atoms with E-state index in [1.165, 1.54) is 29.0 Å². The quantitative estimate of drug-likeness (QED) is 0.555. The maximum Gasteiger partial charge on any atom is 0.340 e. The Hall–Kier alpha value is -2.96. The fourth-order valence-corrected chi connectivity index (χ4v) is 6.49. The van der Waals surface area contributed by atoms with E-state index in [9.17, 15) is 27.6 Å². The Labute approximate surface area is 172 Å². The van der Waals surface area contributed by atoms with E-state index in [2.05, 4.69) is 10.1 Å². The number of carbonyl (C=O) groups is 4. The molecule has 1 aromatic heterocycles. The SMILES string of the molecule is COC(=O)c1cscc1S(=O)(=O)N1C(=O)/C(=C2\SC(=O)NC2=O)c2ccccc21. The summed E-state index contributed by atoms with van der Waals surface area (Å²) in [5, 5.41) is 3.93. The molecule has 2 aliphatic heterocycles. The van der Waals surface area contributed by atoms with E-state index < -0.39 is 33.0 Å². The van der Waals surface area contributed by atoms with E-state index in [4.69, 9.17) is 0 Å². The van der Waals surface area contributed by atoms with Gasteiger partial charge in [-0.1, -0.05) is 18.2 Å². The number of ether oxygens (including phenoxy) is 1. The number of rotatable bonds is 3. The summed E-state index contributed by atoms with van der Waals surface area (Å²) in [5.41, 5.74) is -0.169. The van der Waals surface area contributed by atoms with Crippen LogP contribution in [0.1, 0.15) is 15.9 Å². The normalized spacial score (nSPS) is 18.8. The van der Waals surface area contributed by atoms with E-state index in [1.54, 1.807) is 6.07 Å². The molecule has 9 nitrogen and oxygen atoms in total. The van der Waals surface area contributed by atoms with Crippen molar-refractivity contribution in [3.05, 3.63) is 51.1 Å². The van der Waals surface area contributed by atoms with Crippen LogP contribution in [-0.2, 0) is 24.3 Å². The molecule has 0 aliphatic carbocycles. The number of sulfonamides is 1. The lowest BCUT2D eigenvalue weighted by Crippen LogP contribution is -2.34. The molecular formula is C17H10N2O7S3. The first-order valence-electron chi connectivity index (χ1n) is 7.88. The number of para-hydroxylation sites is 1. The van der Waals surface area contributed by atoms with E-state index in [0.29, 0.717) is 16.1 Å². The molecular weight excluding hydrogens is 440 g/mol. The third kappa shape index (κ3) is 2.87. The maximum absolute atomic E-state index is 13.3. The van der Waals surface area contributed by atoms with Crippen LogP contribution in [0.25, 0.3) is 5.57 Å². The number of thioether (sulfide) groups is 1. The molecule has 2 aliphatic rings. The Morgan fingerprint density at radius 2 is 1.86 bits per heavy atom. The number of nitrogens with zero attached hydrogens (tertiary/aromatic N) is 1. The van der Waals surface area contributed by atoms with Crippen molar-refractivity contribution >= 4 is 67.4 Å². The molecule has 3 amide bonds. The molecule has 1 saturated heterocycles. The Morgan fingerprint density at radius 1 is 1.14 bits per heavy atom. The van der Waals surface area contributed by atoms with Gasteiger partial charge in [-0.15, -0.1) is 0 Å². The average Bonchev–Trinajstić information content (AvgIpc) is 3.36. The van der Waals surface area contributed by atoms with Gasteiger partial charge in [0.05, 0.1) is 28.8 Å². The first-order chi connectivity index (χ1) is 13.8. The zero-order valence-electron chi connectivity index (χ0n) is 14.5. The third-order valence-corrected chi connectivity index (χ3v) is 7.69. The van der Waals surface area contributed by atoms with E-state index in [1.807, 2.05) is 0 Å². The van der Waals surface area contributed by atoms with Crippen molar-refractivity contribution in [3.8, 4) is 0 Å². The maximum atomic E-state index is 13.3. The van der Waals surface area contributed by atoms with Crippen LogP contribution >= 0.6 is 23.1 Å². The van der Waals surface area contributed by atoms with Crippen LogP contribution in [0.2, 0.25) is 0 Å². The zero-order chi connectivity index (χ0) is 20.9. The molecule has 3 heterocycles. The lowest BCUT2D eigenvalue weighted by atomic mass is 10.1. The molecule has 29 heavy (non-hydrogen) atoms. The van der Waals surface area contributed by atoms with Gasteiger partial charge in [0.15, 0.2) is 0 Å². The monoisotopic (exact) mass is 450 g/mol. The Kier molecular flexibility index (Phi) is 4.56. The van der Waals surface area contributed by atoms with Crippen LogP contribution in [-0.4, -0.2) is 38.6 Å². The molecule has 0 bridgehead atoms. The number of esters is 1. The van der Waals surface area contributed by atoms with Crippen molar-refractivity contribution in [1.82, 2.24) is 5.32 Å². The average molecular weight is 450 g/mol. The highest BCUT2D eigenvalue weighted by Crippen LogP contribution is 2.45. The van der Waals surface area contributed by atoms with E-state index >= 15 is 0 Å². The number of thiophene rings is 1. The number of hydrogen-bond acceptors (Lipinski definition) is 9. The number of imide groups is 1. The van der Waals surface area contributed by atoms with Gasteiger partial charge in [0.2, 0.25) is 0 Å². The summed E-state index contributed by atoms with van der Waals surface area (Å²) < 4.78 is 31.8. The van der Waals surface area contributed by atoms with Crippen LogP contribution in [0, 0.1) is 0 Å². The first-order valence-corrected chi connectivity index (χ1v) is 11.1. The summed E-state index contributed by atoms with van der Waals surface area (Å²) >= 11 is 1.49. The highest BCUT2D eigenvalue weighted by Gasteiger charge is 2.46. The zero-order valence-corrected chi connectivity index (χ0v) is 16.9. The van der Waals surface area contributed by atoms with Gasteiger partial charge in [0.1, 0.15) is 4.90 Å². The van der Waals surface area contributed by atoms with Crippen LogP contribution in [0.15, 0.2) is 44.8 Å². The molecule has 1 fully saturated rings. The number of carbonyl (C=O) groups excluding carboxylic acids is 4. The molecule has 0 radical (unpaired) electrons. The second kappa shape index (κ2) is 6.83. The Morgan fingerprint density at radius 3 is 2.52 bits per heavy atom. The predicted octanol–water partition coefficient (Wildman–Crippen LogP) is 1.96. The van der Waals surface area contributed by atoms with Crippen molar-refractivity contribution in [2.45, 2.75) is 4.90 Å². The smallest absolute Gasteiger partial charge is 0.340 e. The standard InChI is InChI=1S/C17H10N2O7S3/c1-26-16(22)9-6-27-7-11(9)29(24,25)19-10-5-3-2-4-8(10)12(15(19)21)13-14(20)18-17(23)28-13/h2-7H,1H3,(H,18,20,23)/b13-12-. The summed E-state index contributed by atoms with van der Waals surface area (Å²) in [4.78, 5) is 48.2. The lowest BCUT2D eigenvalue weighted by molar-refractivity contribution is -0.116. The van der Waals surface area contributed by atoms with Gasteiger partial charge < -0.3 is 4.74 Å². The number of hydrogen-bond donors (Lipinski definition) is 1.